The molecule has 0 amide bonds. The zero-order chi connectivity index (χ0) is 17.7. The van der Waals surface area contributed by atoms with Crippen LogP contribution in [0.15, 0.2) is 0 Å². The standard InChI is InChI=1S/C23H45N/c1-3-4-5-6-7-8-9-10-11-12-13-14-15-16-17-18-19-20-21-23(2)22-24/h23H,3-21H2,1-2H3. The first-order valence-electron chi connectivity index (χ1n) is 11.2. The Morgan fingerprint density at radius 2 is 0.833 bits per heavy atom. The van der Waals surface area contributed by atoms with E-state index < -0.39 is 0 Å². The number of nitrogens with zero attached hydrogens (tertiary/aromatic N) is 1. The predicted molar refractivity (Wildman–Crippen MR) is 108 cm³/mol. The molecule has 0 rings (SSSR count). The normalized spacial score (nSPS) is 12.2. The molecule has 0 aliphatic rings. The Morgan fingerprint density at radius 1 is 0.542 bits per heavy atom. The molecule has 0 radical (unpaired) electrons. The van der Waals surface area contributed by atoms with Crippen LogP contribution < -0.4 is 0 Å². The Hall–Kier alpha value is -0.510. The monoisotopic (exact) mass is 335 g/mol. The zero-order valence-electron chi connectivity index (χ0n) is 17.0. The highest BCUT2D eigenvalue weighted by molar-refractivity contribution is 4.77. The first-order chi connectivity index (χ1) is 11.8. The average Bonchev–Trinajstić information content (AvgIpc) is 2.60. The average molecular weight is 336 g/mol. The van der Waals surface area contributed by atoms with Crippen molar-refractivity contribution >= 4 is 0 Å². The minimum absolute atomic E-state index is 0.256. The molecule has 0 aromatic carbocycles. The van der Waals surface area contributed by atoms with Gasteiger partial charge in [-0.05, 0) is 13.3 Å². The highest BCUT2D eigenvalue weighted by atomic mass is 14.3. The van der Waals surface area contributed by atoms with E-state index in [9.17, 15) is 0 Å². The number of hydrogen-bond acceptors (Lipinski definition) is 1. The van der Waals surface area contributed by atoms with Crippen LogP contribution in [0.1, 0.15) is 136 Å². The largest absolute Gasteiger partial charge is 0.198 e. The van der Waals surface area contributed by atoms with Gasteiger partial charge in [-0.25, -0.2) is 0 Å². The quantitative estimate of drug-likeness (QED) is 0.217. The van der Waals surface area contributed by atoms with Crippen LogP contribution in [0.5, 0.6) is 0 Å². The van der Waals surface area contributed by atoms with Gasteiger partial charge in [0.25, 0.3) is 0 Å². The molecule has 0 aromatic rings. The summed E-state index contributed by atoms with van der Waals surface area (Å²) in [4.78, 5) is 0. The smallest absolute Gasteiger partial charge is 0.0652 e. The summed E-state index contributed by atoms with van der Waals surface area (Å²) in [5.41, 5.74) is 0. The van der Waals surface area contributed by atoms with Crippen LogP contribution in [0, 0.1) is 17.2 Å². The summed E-state index contributed by atoms with van der Waals surface area (Å²) in [6.45, 7) is 4.33. The van der Waals surface area contributed by atoms with Crippen molar-refractivity contribution < 1.29 is 0 Å². The van der Waals surface area contributed by atoms with Crippen molar-refractivity contribution in [2.45, 2.75) is 136 Å². The van der Waals surface area contributed by atoms with Gasteiger partial charge in [0.05, 0.1) is 6.07 Å². The van der Waals surface area contributed by atoms with Gasteiger partial charge in [0.1, 0.15) is 0 Å². The molecule has 0 fully saturated rings. The van der Waals surface area contributed by atoms with Crippen LogP contribution in [0.2, 0.25) is 0 Å². The summed E-state index contributed by atoms with van der Waals surface area (Å²) in [5, 5.41) is 8.73. The van der Waals surface area contributed by atoms with Crippen LogP contribution in [0.4, 0.5) is 0 Å². The van der Waals surface area contributed by atoms with E-state index in [1.807, 2.05) is 6.92 Å². The van der Waals surface area contributed by atoms with Crippen LogP contribution >= 0.6 is 0 Å². The van der Waals surface area contributed by atoms with Gasteiger partial charge in [-0.2, -0.15) is 5.26 Å². The molecule has 0 aromatic heterocycles. The van der Waals surface area contributed by atoms with Crippen molar-refractivity contribution in [2.24, 2.45) is 5.92 Å². The molecule has 1 nitrogen and oxygen atoms in total. The van der Waals surface area contributed by atoms with Crippen molar-refractivity contribution in [2.75, 3.05) is 0 Å². The maximum atomic E-state index is 8.73. The Bertz CT molecular complexity index is 266. The summed E-state index contributed by atoms with van der Waals surface area (Å²) in [6.07, 6.45) is 26.7. The third-order valence-corrected chi connectivity index (χ3v) is 5.21. The van der Waals surface area contributed by atoms with E-state index in [0.717, 1.165) is 6.42 Å². The lowest BCUT2D eigenvalue weighted by Gasteiger charge is -2.04. The van der Waals surface area contributed by atoms with Crippen molar-refractivity contribution in [3.8, 4) is 6.07 Å². The first-order valence-corrected chi connectivity index (χ1v) is 11.2. The van der Waals surface area contributed by atoms with Gasteiger partial charge in [-0.1, -0.05) is 122 Å². The molecule has 0 saturated carbocycles. The van der Waals surface area contributed by atoms with E-state index >= 15 is 0 Å². The number of hydrogen-bond donors (Lipinski definition) is 0. The fourth-order valence-electron chi connectivity index (χ4n) is 3.42. The van der Waals surface area contributed by atoms with Gasteiger partial charge in [-0.3, -0.25) is 0 Å². The maximum absolute atomic E-state index is 8.73. The minimum Gasteiger partial charge on any atom is -0.198 e. The number of nitriles is 1. The van der Waals surface area contributed by atoms with Crippen molar-refractivity contribution in [1.82, 2.24) is 0 Å². The fraction of sp³-hybridized carbons (Fsp3) is 0.957. The molecule has 0 heterocycles. The minimum atomic E-state index is 0.256. The van der Waals surface area contributed by atoms with Crippen LogP contribution in [0.3, 0.4) is 0 Å². The molecular weight excluding hydrogens is 290 g/mol. The molecule has 0 saturated heterocycles. The van der Waals surface area contributed by atoms with E-state index in [4.69, 9.17) is 5.26 Å². The van der Waals surface area contributed by atoms with Crippen molar-refractivity contribution in [3.05, 3.63) is 0 Å². The molecule has 24 heavy (non-hydrogen) atoms. The summed E-state index contributed by atoms with van der Waals surface area (Å²) >= 11 is 0. The molecule has 142 valence electrons. The Balaban J connectivity index is 2.99. The van der Waals surface area contributed by atoms with Crippen molar-refractivity contribution in [3.63, 3.8) is 0 Å². The lowest BCUT2D eigenvalue weighted by atomic mass is 10.0. The van der Waals surface area contributed by atoms with Crippen LogP contribution in [-0.4, -0.2) is 0 Å². The van der Waals surface area contributed by atoms with E-state index in [2.05, 4.69) is 13.0 Å². The molecule has 0 bridgehead atoms. The molecule has 0 aliphatic heterocycles. The van der Waals surface area contributed by atoms with Crippen molar-refractivity contribution in [1.29, 1.82) is 5.26 Å². The SMILES string of the molecule is CCCCCCCCCCCCCCCCCCCCC(C)C#N. The van der Waals surface area contributed by atoms with E-state index in [-0.39, 0.29) is 5.92 Å². The third-order valence-electron chi connectivity index (χ3n) is 5.21. The molecule has 0 N–H and O–H groups in total. The van der Waals surface area contributed by atoms with Crippen LogP contribution in [0.25, 0.3) is 0 Å². The molecule has 1 heteroatoms. The first kappa shape index (κ1) is 23.5. The van der Waals surface area contributed by atoms with Crippen LogP contribution in [-0.2, 0) is 0 Å². The number of unbranched alkanes of at least 4 members (excludes halogenated alkanes) is 17. The highest BCUT2D eigenvalue weighted by Crippen LogP contribution is 2.15. The fourth-order valence-corrected chi connectivity index (χ4v) is 3.42. The summed E-state index contributed by atoms with van der Waals surface area (Å²) < 4.78 is 0. The molecular formula is C23H45N. The van der Waals surface area contributed by atoms with E-state index in [1.54, 1.807) is 0 Å². The molecule has 0 aliphatic carbocycles. The Kier molecular flexibility index (Phi) is 20.1. The van der Waals surface area contributed by atoms with Gasteiger partial charge in [0.15, 0.2) is 0 Å². The van der Waals surface area contributed by atoms with Gasteiger partial charge in [0, 0.05) is 5.92 Å². The van der Waals surface area contributed by atoms with Gasteiger partial charge < -0.3 is 0 Å². The lowest BCUT2D eigenvalue weighted by Crippen LogP contribution is -1.89. The second kappa shape index (κ2) is 20.5. The maximum Gasteiger partial charge on any atom is 0.0652 e. The van der Waals surface area contributed by atoms with Gasteiger partial charge in [0.2, 0.25) is 0 Å². The molecule has 1 atom stereocenters. The van der Waals surface area contributed by atoms with E-state index in [0.29, 0.717) is 0 Å². The second-order valence-electron chi connectivity index (χ2n) is 7.83. The summed E-state index contributed by atoms with van der Waals surface area (Å²) in [6, 6.07) is 2.32. The van der Waals surface area contributed by atoms with Gasteiger partial charge >= 0.3 is 0 Å². The van der Waals surface area contributed by atoms with Gasteiger partial charge in [-0.15, -0.1) is 0 Å². The predicted octanol–water partition coefficient (Wildman–Crippen LogP) is 8.58. The topological polar surface area (TPSA) is 23.8 Å². The van der Waals surface area contributed by atoms with E-state index in [1.165, 1.54) is 116 Å². The molecule has 1 unspecified atom stereocenters. The second-order valence-corrected chi connectivity index (χ2v) is 7.83. The highest BCUT2D eigenvalue weighted by Gasteiger charge is 1.98. The third kappa shape index (κ3) is 19.5. The Morgan fingerprint density at radius 3 is 1.12 bits per heavy atom. The zero-order valence-corrected chi connectivity index (χ0v) is 17.0. The lowest BCUT2D eigenvalue weighted by molar-refractivity contribution is 0.516. The Labute approximate surface area is 153 Å². The number of rotatable bonds is 19. The summed E-state index contributed by atoms with van der Waals surface area (Å²) in [5.74, 6) is 0.256. The summed E-state index contributed by atoms with van der Waals surface area (Å²) in [7, 11) is 0. The molecule has 0 spiro atoms.